The Hall–Kier alpha value is -2.56. The molecule has 2 aromatic rings. The van der Waals surface area contributed by atoms with Gasteiger partial charge in [0.05, 0.1) is 6.54 Å². The maximum Gasteiger partial charge on any atom is 0.270 e. The lowest BCUT2D eigenvalue weighted by atomic mass is 10.0. The number of hydrogen-bond acceptors (Lipinski definition) is 3. The molecule has 26 heavy (non-hydrogen) atoms. The van der Waals surface area contributed by atoms with Crippen molar-refractivity contribution in [2.45, 2.75) is 32.6 Å². The highest BCUT2D eigenvalue weighted by Gasteiger charge is 2.22. The van der Waals surface area contributed by atoms with Crippen molar-refractivity contribution in [1.29, 1.82) is 0 Å². The van der Waals surface area contributed by atoms with Gasteiger partial charge in [-0.1, -0.05) is 26.0 Å². The lowest BCUT2D eigenvalue weighted by molar-refractivity contribution is 0.0787. The van der Waals surface area contributed by atoms with Gasteiger partial charge in [-0.25, -0.2) is 0 Å². The molecule has 0 radical (unpaired) electrons. The Morgan fingerprint density at radius 3 is 2.62 bits per heavy atom. The zero-order valence-corrected chi connectivity index (χ0v) is 15.8. The van der Waals surface area contributed by atoms with Gasteiger partial charge in [0.15, 0.2) is 5.78 Å². The summed E-state index contributed by atoms with van der Waals surface area (Å²) in [4.78, 5) is 31.8. The van der Waals surface area contributed by atoms with Crippen LogP contribution in [0.25, 0.3) is 0 Å². The average Bonchev–Trinajstić information content (AvgIpc) is 3.33. The van der Waals surface area contributed by atoms with Gasteiger partial charge in [0.2, 0.25) is 0 Å². The number of rotatable bonds is 6. The van der Waals surface area contributed by atoms with Gasteiger partial charge < -0.3 is 14.8 Å². The molecular weight excluding hydrogens is 326 g/mol. The Morgan fingerprint density at radius 1 is 1.19 bits per heavy atom. The highest BCUT2D eigenvalue weighted by atomic mass is 16.2. The van der Waals surface area contributed by atoms with Crippen molar-refractivity contribution in [1.82, 2.24) is 9.88 Å². The van der Waals surface area contributed by atoms with E-state index in [9.17, 15) is 9.59 Å². The quantitative estimate of drug-likeness (QED) is 0.806. The number of likely N-dealkylation sites (tertiary alicyclic amines) is 1. The van der Waals surface area contributed by atoms with Gasteiger partial charge in [-0.2, -0.15) is 0 Å². The normalized spacial score (nSPS) is 14.1. The smallest absolute Gasteiger partial charge is 0.270 e. The van der Waals surface area contributed by atoms with Gasteiger partial charge in [0.1, 0.15) is 5.69 Å². The predicted molar refractivity (Wildman–Crippen MR) is 104 cm³/mol. The van der Waals surface area contributed by atoms with Gasteiger partial charge in [0.25, 0.3) is 5.91 Å². The van der Waals surface area contributed by atoms with E-state index in [1.54, 1.807) is 12.3 Å². The monoisotopic (exact) mass is 353 g/mol. The molecule has 0 spiro atoms. The summed E-state index contributed by atoms with van der Waals surface area (Å²) < 4.78 is 0. The number of aromatic nitrogens is 1. The fraction of sp³-hybridized carbons (Fsp3) is 0.429. The van der Waals surface area contributed by atoms with Crippen LogP contribution < -0.4 is 4.90 Å². The van der Waals surface area contributed by atoms with Crippen molar-refractivity contribution in [3.05, 3.63) is 53.3 Å². The van der Waals surface area contributed by atoms with Crippen molar-refractivity contribution in [2.24, 2.45) is 0 Å². The molecule has 0 unspecified atom stereocenters. The first-order valence-corrected chi connectivity index (χ1v) is 9.27. The number of anilines is 1. The minimum absolute atomic E-state index is 0.000767. The maximum absolute atomic E-state index is 12.6. The number of amides is 1. The van der Waals surface area contributed by atoms with Gasteiger partial charge in [-0.3, -0.25) is 9.59 Å². The molecule has 1 aliphatic heterocycles. The molecule has 5 heteroatoms. The number of carbonyl (C=O) groups excluding carboxylic acids is 2. The lowest BCUT2D eigenvalue weighted by Gasteiger charge is -2.19. The van der Waals surface area contributed by atoms with Crippen LogP contribution in [0.2, 0.25) is 0 Å². The Morgan fingerprint density at radius 2 is 1.92 bits per heavy atom. The number of nitrogens with zero attached hydrogens (tertiary/aromatic N) is 2. The molecule has 1 aromatic heterocycles. The molecule has 1 N–H and O–H groups in total. The van der Waals surface area contributed by atoms with Gasteiger partial charge in [0, 0.05) is 37.6 Å². The van der Waals surface area contributed by atoms with Crippen LogP contribution in [0, 0.1) is 0 Å². The van der Waals surface area contributed by atoms with Crippen LogP contribution in [-0.2, 0) is 0 Å². The zero-order valence-electron chi connectivity index (χ0n) is 15.8. The molecule has 0 aliphatic carbocycles. The number of benzene rings is 1. The summed E-state index contributed by atoms with van der Waals surface area (Å²) in [6.07, 6.45) is 3.75. The minimum atomic E-state index is -0.0143. The third-order valence-corrected chi connectivity index (χ3v) is 4.99. The van der Waals surface area contributed by atoms with Crippen molar-refractivity contribution >= 4 is 17.4 Å². The highest BCUT2D eigenvalue weighted by Crippen LogP contribution is 2.21. The molecule has 3 rings (SSSR count). The number of hydrogen-bond donors (Lipinski definition) is 1. The summed E-state index contributed by atoms with van der Waals surface area (Å²) in [7, 11) is 1.92. The van der Waals surface area contributed by atoms with Crippen LogP contribution in [0.3, 0.4) is 0 Å². The number of likely N-dealkylation sites (N-methyl/N-ethyl adjacent to an activating group) is 1. The third kappa shape index (κ3) is 3.98. The number of nitrogens with one attached hydrogen (secondary N) is 1. The average molecular weight is 353 g/mol. The van der Waals surface area contributed by atoms with Crippen molar-refractivity contribution in [3.63, 3.8) is 0 Å². The van der Waals surface area contributed by atoms with E-state index in [1.807, 2.05) is 29.0 Å². The number of Topliss-reactive ketones (excluding diaryl/α,β-unsaturated/α-hetero) is 1. The second-order valence-corrected chi connectivity index (χ2v) is 7.33. The van der Waals surface area contributed by atoms with Gasteiger partial charge in [-0.05, 0) is 42.5 Å². The molecule has 0 atom stereocenters. The second kappa shape index (κ2) is 7.77. The fourth-order valence-corrected chi connectivity index (χ4v) is 3.29. The molecule has 1 amide bonds. The van der Waals surface area contributed by atoms with Crippen LogP contribution in [0.1, 0.15) is 59.0 Å². The molecule has 5 nitrogen and oxygen atoms in total. The van der Waals surface area contributed by atoms with Crippen LogP contribution in [0.15, 0.2) is 36.5 Å². The standard InChI is InChI=1S/C21H27N3O2/c1-15(2)16-7-6-8-18(11-16)23(3)14-20(25)17-12-19(22-13-17)21(26)24-9-4-5-10-24/h6-8,11-13,15,22H,4-5,9-10,14H2,1-3H3. The number of carbonyl (C=O) groups is 2. The lowest BCUT2D eigenvalue weighted by Crippen LogP contribution is -2.28. The Bertz CT molecular complexity index is 788. The van der Waals surface area contributed by atoms with Crippen LogP contribution >= 0.6 is 0 Å². The summed E-state index contributed by atoms with van der Waals surface area (Å²) in [5.41, 5.74) is 3.33. The summed E-state index contributed by atoms with van der Waals surface area (Å²) in [6, 6.07) is 9.94. The molecule has 0 bridgehead atoms. The third-order valence-electron chi connectivity index (χ3n) is 4.99. The van der Waals surface area contributed by atoms with Gasteiger partial charge >= 0.3 is 0 Å². The fourth-order valence-electron chi connectivity index (χ4n) is 3.29. The molecule has 2 heterocycles. The van der Waals surface area contributed by atoms with E-state index in [0.29, 0.717) is 17.2 Å². The van der Waals surface area contributed by atoms with Crippen LogP contribution in [0.4, 0.5) is 5.69 Å². The summed E-state index contributed by atoms with van der Waals surface area (Å²) >= 11 is 0. The summed E-state index contributed by atoms with van der Waals surface area (Å²) in [5.74, 6) is 0.432. The number of H-pyrrole nitrogens is 1. The topological polar surface area (TPSA) is 56.4 Å². The van der Waals surface area contributed by atoms with Crippen molar-refractivity contribution in [3.8, 4) is 0 Å². The first-order valence-electron chi connectivity index (χ1n) is 9.27. The first-order chi connectivity index (χ1) is 12.5. The molecule has 0 saturated carbocycles. The molecule has 1 fully saturated rings. The predicted octanol–water partition coefficient (Wildman–Crippen LogP) is 3.69. The van der Waals surface area contributed by atoms with E-state index in [1.165, 1.54) is 5.56 Å². The van der Waals surface area contributed by atoms with Crippen LogP contribution in [-0.4, -0.2) is 48.3 Å². The van der Waals surface area contributed by atoms with Crippen LogP contribution in [0.5, 0.6) is 0 Å². The maximum atomic E-state index is 12.6. The molecule has 1 aliphatic rings. The SMILES string of the molecule is CC(C)c1cccc(N(C)CC(=O)c2c[nH]c(C(=O)N3CCCC3)c2)c1. The highest BCUT2D eigenvalue weighted by molar-refractivity contribution is 6.02. The first kappa shape index (κ1) is 18.2. The van der Waals surface area contributed by atoms with E-state index >= 15 is 0 Å². The molecular formula is C21H27N3O2. The summed E-state index contributed by atoms with van der Waals surface area (Å²) in [6.45, 7) is 6.19. The Balaban J connectivity index is 1.66. The summed E-state index contributed by atoms with van der Waals surface area (Å²) in [5, 5.41) is 0. The molecule has 1 saturated heterocycles. The largest absolute Gasteiger partial charge is 0.367 e. The number of ketones is 1. The number of aromatic amines is 1. The van der Waals surface area contributed by atoms with E-state index in [-0.39, 0.29) is 18.2 Å². The molecule has 1 aromatic carbocycles. The Labute approximate surface area is 155 Å². The van der Waals surface area contributed by atoms with E-state index < -0.39 is 0 Å². The molecule has 138 valence electrons. The van der Waals surface area contributed by atoms with Crippen molar-refractivity contribution < 1.29 is 9.59 Å². The Kier molecular flexibility index (Phi) is 5.45. The van der Waals surface area contributed by atoms with Gasteiger partial charge in [-0.15, -0.1) is 0 Å². The zero-order chi connectivity index (χ0) is 18.7. The van der Waals surface area contributed by atoms with Crippen molar-refractivity contribution in [2.75, 3.05) is 31.6 Å². The van der Waals surface area contributed by atoms with E-state index in [2.05, 4.69) is 31.0 Å². The minimum Gasteiger partial charge on any atom is -0.367 e. The second-order valence-electron chi connectivity index (χ2n) is 7.33. The van der Waals surface area contributed by atoms with E-state index in [0.717, 1.165) is 31.6 Å². The van der Waals surface area contributed by atoms with E-state index in [4.69, 9.17) is 0 Å².